The van der Waals surface area contributed by atoms with Crippen molar-refractivity contribution in [3.05, 3.63) is 30.1 Å². The van der Waals surface area contributed by atoms with Crippen LogP contribution in [-0.4, -0.2) is 35.0 Å². The summed E-state index contributed by atoms with van der Waals surface area (Å²) in [7, 11) is 0. The summed E-state index contributed by atoms with van der Waals surface area (Å²) in [6.07, 6.45) is 13.3. The lowest BCUT2D eigenvalue weighted by molar-refractivity contribution is 0.152. The number of carbonyl (C=O) groups is 1. The first-order chi connectivity index (χ1) is 10.8. The van der Waals surface area contributed by atoms with Gasteiger partial charge in [-0.05, 0) is 49.7 Å². The van der Waals surface area contributed by atoms with Gasteiger partial charge in [-0.15, -0.1) is 0 Å². The molecule has 0 radical (unpaired) electrons. The van der Waals surface area contributed by atoms with Gasteiger partial charge in [0.2, 0.25) is 0 Å². The van der Waals surface area contributed by atoms with Gasteiger partial charge in [0.25, 0.3) is 0 Å². The molecule has 0 unspecified atom stereocenters. The molecule has 1 aromatic rings. The second kappa shape index (κ2) is 7.61. The monoisotopic (exact) mass is 301 g/mol. The molecule has 1 heterocycles. The van der Waals surface area contributed by atoms with E-state index in [0.717, 1.165) is 18.9 Å². The van der Waals surface area contributed by atoms with Crippen molar-refractivity contribution in [1.29, 1.82) is 0 Å². The molecule has 2 aliphatic carbocycles. The molecule has 0 atom stereocenters. The molecule has 1 N–H and O–H groups in total. The van der Waals surface area contributed by atoms with Crippen molar-refractivity contribution >= 4 is 6.03 Å². The van der Waals surface area contributed by atoms with E-state index in [-0.39, 0.29) is 6.03 Å². The number of hydrogen-bond acceptors (Lipinski definition) is 2. The van der Waals surface area contributed by atoms with Gasteiger partial charge in [0.1, 0.15) is 0 Å². The first-order valence-electron chi connectivity index (χ1n) is 8.76. The summed E-state index contributed by atoms with van der Waals surface area (Å²) in [6, 6.07) is 4.61. The SMILES string of the molecule is O=C(NCCc1cccnc1)N(CC1CC1)C1CCCCC1. The van der Waals surface area contributed by atoms with Crippen molar-refractivity contribution in [3.63, 3.8) is 0 Å². The van der Waals surface area contributed by atoms with E-state index in [0.29, 0.717) is 12.6 Å². The minimum atomic E-state index is 0.141. The van der Waals surface area contributed by atoms with E-state index in [4.69, 9.17) is 0 Å². The zero-order valence-corrected chi connectivity index (χ0v) is 13.3. The average Bonchev–Trinajstić information content (AvgIpc) is 3.38. The van der Waals surface area contributed by atoms with Crippen LogP contribution in [0.25, 0.3) is 0 Å². The van der Waals surface area contributed by atoms with Crippen LogP contribution < -0.4 is 5.32 Å². The number of rotatable bonds is 6. The van der Waals surface area contributed by atoms with Gasteiger partial charge in [0.05, 0.1) is 0 Å². The largest absolute Gasteiger partial charge is 0.338 e. The lowest BCUT2D eigenvalue weighted by Gasteiger charge is -2.34. The summed E-state index contributed by atoms with van der Waals surface area (Å²) in [5.41, 5.74) is 1.18. The van der Waals surface area contributed by atoms with E-state index in [1.54, 1.807) is 6.20 Å². The first kappa shape index (κ1) is 15.3. The van der Waals surface area contributed by atoms with Crippen LogP contribution in [-0.2, 0) is 6.42 Å². The molecule has 2 aliphatic rings. The van der Waals surface area contributed by atoms with Crippen LogP contribution in [0.2, 0.25) is 0 Å². The number of pyridine rings is 1. The zero-order chi connectivity index (χ0) is 15.2. The first-order valence-corrected chi connectivity index (χ1v) is 8.76. The van der Waals surface area contributed by atoms with E-state index < -0.39 is 0 Å². The third kappa shape index (κ3) is 4.46. The molecule has 22 heavy (non-hydrogen) atoms. The molecule has 0 spiro atoms. The maximum atomic E-state index is 12.6. The normalized spacial score (nSPS) is 18.9. The Balaban J connectivity index is 1.49. The molecule has 2 amide bonds. The third-order valence-corrected chi connectivity index (χ3v) is 4.84. The molecular formula is C18H27N3O. The van der Waals surface area contributed by atoms with E-state index >= 15 is 0 Å². The summed E-state index contributed by atoms with van der Waals surface area (Å²) < 4.78 is 0. The Morgan fingerprint density at radius 2 is 2.05 bits per heavy atom. The minimum Gasteiger partial charge on any atom is -0.338 e. The number of nitrogens with one attached hydrogen (secondary N) is 1. The predicted octanol–water partition coefficient (Wildman–Crippen LogP) is 3.38. The molecular weight excluding hydrogens is 274 g/mol. The maximum absolute atomic E-state index is 12.6. The van der Waals surface area contributed by atoms with E-state index in [2.05, 4.69) is 21.3 Å². The van der Waals surface area contributed by atoms with Crippen LogP contribution >= 0.6 is 0 Å². The van der Waals surface area contributed by atoms with Crippen molar-refractivity contribution < 1.29 is 4.79 Å². The molecule has 3 rings (SSSR count). The fourth-order valence-corrected chi connectivity index (χ4v) is 3.33. The number of urea groups is 1. The molecule has 1 aromatic heterocycles. The molecule has 0 bridgehead atoms. The summed E-state index contributed by atoms with van der Waals surface area (Å²) in [6.45, 7) is 1.65. The van der Waals surface area contributed by atoms with Crippen molar-refractivity contribution in [2.45, 2.75) is 57.4 Å². The number of aromatic nitrogens is 1. The van der Waals surface area contributed by atoms with Crippen molar-refractivity contribution in [3.8, 4) is 0 Å². The van der Waals surface area contributed by atoms with Crippen LogP contribution in [0, 0.1) is 5.92 Å². The highest BCUT2D eigenvalue weighted by molar-refractivity contribution is 5.74. The topological polar surface area (TPSA) is 45.2 Å². The Kier molecular flexibility index (Phi) is 5.30. The lowest BCUT2D eigenvalue weighted by Crippen LogP contribution is -2.48. The average molecular weight is 301 g/mol. The predicted molar refractivity (Wildman–Crippen MR) is 87.6 cm³/mol. The maximum Gasteiger partial charge on any atom is 0.317 e. The van der Waals surface area contributed by atoms with Crippen LogP contribution in [0.4, 0.5) is 4.79 Å². The fraction of sp³-hybridized carbons (Fsp3) is 0.667. The smallest absolute Gasteiger partial charge is 0.317 e. The third-order valence-electron chi connectivity index (χ3n) is 4.84. The Labute approximate surface area is 133 Å². The standard InChI is InChI=1S/C18H27N3O/c22-18(20-12-10-15-5-4-11-19-13-15)21(14-16-8-9-16)17-6-2-1-3-7-17/h4-5,11,13,16-17H,1-3,6-10,12,14H2,(H,20,22). The van der Waals surface area contributed by atoms with Gasteiger partial charge in [-0.1, -0.05) is 25.3 Å². The van der Waals surface area contributed by atoms with Gasteiger partial charge in [-0.25, -0.2) is 4.79 Å². The molecule has 0 aromatic carbocycles. The van der Waals surface area contributed by atoms with E-state index in [9.17, 15) is 4.79 Å². The summed E-state index contributed by atoms with van der Waals surface area (Å²) in [5.74, 6) is 0.756. The van der Waals surface area contributed by atoms with Crippen LogP contribution in [0.1, 0.15) is 50.5 Å². The van der Waals surface area contributed by atoms with E-state index in [1.165, 1.54) is 50.5 Å². The summed E-state index contributed by atoms with van der Waals surface area (Å²) in [4.78, 5) is 18.8. The second-order valence-electron chi connectivity index (χ2n) is 6.73. The highest BCUT2D eigenvalue weighted by Crippen LogP contribution is 2.32. The Morgan fingerprint density at radius 3 is 2.73 bits per heavy atom. The van der Waals surface area contributed by atoms with Gasteiger partial charge in [0, 0.05) is 31.5 Å². The second-order valence-corrected chi connectivity index (χ2v) is 6.73. The zero-order valence-electron chi connectivity index (χ0n) is 13.3. The van der Waals surface area contributed by atoms with Gasteiger partial charge in [-0.3, -0.25) is 4.98 Å². The molecule has 0 saturated heterocycles. The molecule has 0 aliphatic heterocycles. The molecule has 2 saturated carbocycles. The van der Waals surface area contributed by atoms with Crippen molar-refractivity contribution in [1.82, 2.24) is 15.2 Å². The highest BCUT2D eigenvalue weighted by Gasteiger charge is 2.31. The molecule has 4 nitrogen and oxygen atoms in total. The van der Waals surface area contributed by atoms with Gasteiger partial charge >= 0.3 is 6.03 Å². The quantitative estimate of drug-likeness (QED) is 0.875. The van der Waals surface area contributed by atoms with Crippen LogP contribution in [0.15, 0.2) is 24.5 Å². The number of carbonyl (C=O) groups excluding carboxylic acids is 1. The molecule has 4 heteroatoms. The summed E-state index contributed by atoms with van der Waals surface area (Å²) in [5, 5.41) is 3.12. The minimum absolute atomic E-state index is 0.141. The lowest BCUT2D eigenvalue weighted by atomic mass is 9.94. The number of nitrogens with zero attached hydrogens (tertiary/aromatic N) is 2. The Hall–Kier alpha value is -1.58. The number of hydrogen-bond donors (Lipinski definition) is 1. The Bertz CT molecular complexity index is 466. The van der Waals surface area contributed by atoms with Crippen molar-refractivity contribution in [2.24, 2.45) is 5.92 Å². The molecule has 120 valence electrons. The van der Waals surface area contributed by atoms with E-state index in [1.807, 2.05) is 12.3 Å². The van der Waals surface area contributed by atoms with Gasteiger partial charge < -0.3 is 10.2 Å². The van der Waals surface area contributed by atoms with Crippen LogP contribution in [0.5, 0.6) is 0 Å². The van der Waals surface area contributed by atoms with Gasteiger partial charge in [0.15, 0.2) is 0 Å². The van der Waals surface area contributed by atoms with Crippen molar-refractivity contribution in [2.75, 3.05) is 13.1 Å². The summed E-state index contributed by atoms with van der Waals surface area (Å²) >= 11 is 0. The number of amides is 2. The molecule has 2 fully saturated rings. The fourth-order valence-electron chi connectivity index (χ4n) is 3.33. The Morgan fingerprint density at radius 1 is 1.23 bits per heavy atom. The highest BCUT2D eigenvalue weighted by atomic mass is 16.2. The van der Waals surface area contributed by atoms with Gasteiger partial charge in [-0.2, -0.15) is 0 Å². The van der Waals surface area contributed by atoms with Crippen LogP contribution in [0.3, 0.4) is 0 Å².